The number of anilines is 1. The van der Waals surface area contributed by atoms with E-state index in [9.17, 15) is 4.79 Å². The van der Waals surface area contributed by atoms with Gasteiger partial charge in [0.05, 0.1) is 21.5 Å². The predicted molar refractivity (Wildman–Crippen MR) is 79.3 cm³/mol. The van der Waals surface area contributed by atoms with E-state index in [0.717, 1.165) is 5.03 Å². The molecule has 1 atom stereocenters. The van der Waals surface area contributed by atoms with Crippen molar-refractivity contribution in [2.45, 2.75) is 17.2 Å². The van der Waals surface area contributed by atoms with Gasteiger partial charge in [-0.2, -0.15) is 5.26 Å². The highest BCUT2D eigenvalue weighted by Crippen LogP contribution is 2.22. The maximum atomic E-state index is 12.1. The third-order valence-corrected chi connectivity index (χ3v) is 3.66. The number of carbonyl (C=O) groups is 1. The van der Waals surface area contributed by atoms with Crippen LogP contribution >= 0.6 is 11.8 Å². The summed E-state index contributed by atoms with van der Waals surface area (Å²) < 4.78 is 0. The van der Waals surface area contributed by atoms with Gasteiger partial charge < -0.3 is 5.32 Å². The van der Waals surface area contributed by atoms with Gasteiger partial charge in [-0.15, -0.1) is 0 Å². The number of hydrogen-bond acceptors (Lipinski definition) is 4. The summed E-state index contributed by atoms with van der Waals surface area (Å²) >= 11 is 1.38. The maximum absolute atomic E-state index is 12.1. The van der Waals surface area contributed by atoms with Crippen molar-refractivity contribution in [3.05, 3.63) is 54.2 Å². The third-order valence-electron chi connectivity index (χ3n) is 2.61. The number of hydrogen-bond donors (Lipinski definition) is 1. The molecule has 0 saturated heterocycles. The fourth-order valence-corrected chi connectivity index (χ4v) is 2.38. The van der Waals surface area contributed by atoms with Gasteiger partial charge in [-0.1, -0.05) is 30.0 Å². The molecule has 0 saturated carbocycles. The minimum Gasteiger partial charge on any atom is -0.324 e. The van der Waals surface area contributed by atoms with Crippen LogP contribution in [-0.2, 0) is 4.79 Å². The standard InChI is InChI=1S/C15H13N3OS/c1-11(20-14-8-4-5-9-17-14)15(19)18-13-7-3-2-6-12(13)10-16/h2-9,11H,1H3,(H,18,19). The maximum Gasteiger partial charge on any atom is 0.237 e. The molecule has 0 fully saturated rings. The Morgan fingerprint density at radius 3 is 2.75 bits per heavy atom. The van der Waals surface area contributed by atoms with Crippen molar-refractivity contribution < 1.29 is 4.79 Å². The lowest BCUT2D eigenvalue weighted by Gasteiger charge is -2.12. The molecular weight excluding hydrogens is 270 g/mol. The van der Waals surface area contributed by atoms with Crippen molar-refractivity contribution in [2.24, 2.45) is 0 Å². The summed E-state index contributed by atoms with van der Waals surface area (Å²) in [5, 5.41) is 12.3. The van der Waals surface area contributed by atoms with Gasteiger partial charge in [0.1, 0.15) is 6.07 Å². The number of amides is 1. The Morgan fingerprint density at radius 2 is 2.05 bits per heavy atom. The molecule has 20 heavy (non-hydrogen) atoms. The van der Waals surface area contributed by atoms with Crippen LogP contribution < -0.4 is 5.32 Å². The lowest BCUT2D eigenvalue weighted by Crippen LogP contribution is -2.22. The first-order valence-electron chi connectivity index (χ1n) is 6.08. The molecule has 1 heterocycles. The molecule has 1 N–H and O–H groups in total. The summed E-state index contributed by atoms with van der Waals surface area (Å²) in [5.74, 6) is -0.150. The van der Waals surface area contributed by atoms with Gasteiger partial charge in [0, 0.05) is 6.20 Å². The van der Waals surface area contributed by atoms with E-state index in [0.29, 0.717) is 11.3 Å². The van der Waals surface area contributed by atoms with Crippen molar-refractivity contribution in [1.82, 2.24) is 4.98 Å². The number of thioether (sulfide) groups is 1. The number of para-hydroxylation sites is 1. The van der Waals surface area contributed by atoms with E-state index in [1.165, 1.54) is 11.8 Å². The van der Waals surface area contributed by atoms with Crippen LogP contribution in [0.25, 0.3) is 0 Å². The van der Waals surface area contributed by atoms with Crippen molar-refractivity contribution in [3.63, 3.8) is 0 Å². The fourth-order valence-electron chi connectivity index (χ4n) is 1.58. The molecular formula is C15H13N3OS. The van der Waals surface area contributed by atoms with Crippen LogP contribution in [0.5, 0.6) is 0 Å². The Labute approximate surface area is 121 Å². The molecule has 4 nitrogen and oxygen atoms in total. The monoisotopic (exact) mass is 283 g/mol. The second-order valence-corrected chi connectivity index (χ2v) is 5.44. The second kappa shape index (κ2) is 6.73. The number of pyridine rings is 1. The first-order chi connectivity index (χ1) is 9.70. The minimum absolute atomic E-state index is 0.150. The number of nitriles is 1. The molecule has 2 aromatic rings. The SMILES string of the molecule is CC(Sc1ccccn1)C(=O)Nc1ccccc1C#N. The molecule has 2 rings (SSSR count). The quantitative estimate of drug-likeness (QED) is 0.876. The molecule has 1 aromatic carbocycles. The summed E-state index contributed by atoms with van der Waals surface area (Å²) in [5.41, 5.74) is 0.990. The number of aromatic nitrogens is 1. The van der Waals surface area contributed by atoms with Gasteiger partial charge in [0.25, 0.3) is 0 Å². The number of carbonyl (C=O) groups excluding carboxylic acids is 1. The third kappa shape index (κ3) is 3.59. The largest absolute Gasteiger partial charge is 0.324 e. The molecule has 0 aliphatic carbocycles. The van der Waals surface area contributed by atoms with Crippen LogP contribution in [0, 0.1) is 11.3 Å². The minimum atomic E-state index is -0.295. The normalized spacial score (nSPS) is 11.4. The summed E-state index contributed by atoms with van der Waals surface area (Å²) in [4.78, 5) is 16.3. The molecule has 0 radical (unpaired) electrons. The average molecular weight is 283 g/mol. The highest BCUT2D eigenvalue weighted by atomic mass is 32.2. The zero-order valence-electron chi connectivity index (χ0n) is 10.9. The van der Waals surface area contributed by atoms with Crippen LogP contribution in [-0.4, -0.2) is 16.1 Å². The van der Waals surface area contributed by atoms with Crippen molar-refractivity contribution >= 4 is 23.4 Å². The Bertz CT molecular complexity index is 637. The second-order valence-electron chi connectivity index (χ2n) is 4.07. The first kappa shape index (κ1) is 14.1. The molecule has 0 aliphatic heterocycles. The van der Waals surface area contributed by atoms with E-state index in [1.54, 1.807) is 30.5 Å². The van der Waals surface area contributed by atoms with Gasteiger partial charge in [0.2, 0.25) is 5.91 Å². The topological polar surface area (TPSA) is 65.8 Å². The van der Waals surface area contributed by atoms with Crippen LogP contribution in [0.1, 0.15) is 12.5 Å². The Balaban J connectivity index is 2.03. The van der Waals surface area contributed by atoms with E-state index in [2.05, 4.69) is 16.4 Å². The molecule has 100 valence electrons. The van der Waals surface area contributed by atoms with Crippen LogP contribution in [0.4, 0.5) is 5.69 Å². The summed E-state index contributed by atoms with van der Waals surface area (Å²) in [6.45, 7) is 1.81. The van der Waals surface area contributed by atoms with Gasteiger partial charge in [0.15, 0.2) is 0 Å². The Morgan fingerprint density at radius 1 is 1.30 bits per heavy atom. The zero-order valence-corrected chi connectivity index (χ0v) is 11.7. The number of nitrogens with one attached hydrogen (secondary N) is 1. The van der Waals surface area contributed by atoms with Crippen molar-refractivity contribution in [1.29, 1.82) is 5.26 Å². The van der Waals surface area contributed by atoms with Gasteiger partial charge in [-0.05, 0) is 31.2 Å². The number of rotatable bonds is 4. The summed E-state index contributed by atoms with van der Waals surface area (Å²) in [6, 6.07) is 14.6. The predicted octanol–water partition coefficient (Wildman–Crippen LogP) is 3.07. The fraction of sp³-hybridized carbons (Fsp3) is 0.133. The number of nitrogens with zero attached hydrogens (tertiary/aromatic N) is 2. The molecule has 0 bridgehead atoms. The molecule has 0 aliphatic rings. The van der Waals surface area contributed by atoms with Crippen molar-refractivity contribution in [2.75, 3.05) is 5.32 Å². The Kier molecular flexibility index (Phi) is 4.75. The smallest absolute Gasteiger partial charge is 0.237 e. The molecule has 1 aromatic heterocycles. The van der Waals surface area contributed by atoms with Gasteiger partial charge in [-0.25, -0.2) is 4.98 Å². The van der Waals surface area contributed by atoms with E-state index >= 15 is 0 Å². The molecule has 1 amide bonds. The zero-order chi connectivity index (χ0) is 14.4. The van der Waals surface area contributed by atoms with Gasteiger partial charge >= 0.3 is 0 Å². The van der Waals surface area contributed by atoms with E-state index < -0.39 is 0 Å². The number of benzene rings is 1. The van der Waals surface area contributed by atoms with Crippen molar-refractivity contribution in [3.8, 4) is 6.07 Å². The summed E-state index contributed by atoms with van der Waals surface area (Å²) in [6.07, 6.45) is 1.69. The van der Waals surface area contributed by atoms with Gasteiger partial charge in [-0.3, -0.25) is 4.79 Å². The molecule has 0 spiro atoms. The first-order valence-corrected chi connectivity index (χ1v) is 6.96. The highest BCUT2D eigenvalue weighted by molar-refractivity contribution is 8.00. The lowest BCUT2D eigenvalue weighted by molar-refractivity contribution is -0.115. The van der Waals surface area contributed by atoms with E-state index in [4.69, 9.17) is 5.26 Å². The van der Waals surface area contributed by atoms with E-state index in [-0.39, 0.29) is 11.2 Å². The molecule has 5 heteroatoms. The van der Waals surface area contributed by atoms with Crippen LogP contribution in [0.15, 0.2) is 53.7 Å². The van der Waals surface area contributed by atoms with Crippen LogP contribution in [0.3, 0.4) is 0 Å². The van der Waals surface area contributed by atoms with E-state index in [1.807, 2.05) is 25.1 Å². The summed E-state index contributed by atoms with van der Waals surface area (Å²) in [7, 11) is 0. The lowest BCUT2D eigenvalue weighted by atomic mass is 10.2. The van der Waals surface area contributed by atoms with Crippen LogP contribution in [0.2, 0.25) is 0 Å². The average Bonchev–Trinajstić information content (AvgIpc) is 2.48. The molecule has 1 unspecified atom stereocenters. The highest BCUT2D eigenvalue weighted by Gasteiger charge is 2.16. The Hall–Kier alpha value is -2.32.